The van der Waals surface area contributed by atoms with Gasteiger partial charge in [-0.15, -0.1) is 11.3 Å². The van der Waals surface area contributed by atoms with E-state index in [0.29, 0.717) is 5.92 Å². The highest BCUT2D eigenvalue weighted by molar-refractivity contribution is 7.15. The molecule has 0 radical (unpaired) electrons. The number of aliphatic hydroxyl groups is 1. The second kappa shape index (κ2) is 5.19. The molecule has 0 unspecified atom stereocenters. The van der Waals surface area contributed by atoms with Gasteiger partial charge in [-0.1, -0.05) is 11.3 Å². The van der Waals surface area contributed by atoms with Gasteiger partial charge in [0.05, 0.1) is 34.4 Å². The Morgan fingerprint density at radius 1 is 1.42 bits per heavy atom. The van der Waals surface area contributed by atoms with E-state index in [2.05, 4.69) is 15.3 Å². The molecule has 0 atom stereocenters. The van der Waals surface area contributed by atoms with E-state index in [1.54, 1.807) is 22.7 Å². The number of anilines is 1. The Labute approximate surface area is 120 Å². The molecule has 1 aliphatic carbocycles. The summed E-state index contributed by atoms with van der Waals surface area (Å²) < 4.78 is 0. The number of thiazole rings is 2. The second-order valence-corrected chi connectivity index (χ2v) is 7.08. The zero-order valence-electron chi connectivity index (χ0n) is 11.1. The lowest BCUT2D eigenvalue weighted by atomic mass is 10.2. The summed E-state index contributed by atoms with van der Waals surface area (Å²) >= 11 is 3.28. The van der Waals surface area contributed by atoms with Crippen molar-refractivity contribution in [3.63, 3.8) is 0 Å². The van der Waals surface area contributed by atoms with Crippen molar-refractivity contribution in [3.8, 4) is 0 Å². The molecule has 0 saturated heterocycles. The van der Waals surface area contributed by atoms with Gasteiger partial charge in [-0.25, -0.2) is 9.97 Å². The van der Waals surface area contributed by atoms with Crippen LogP contribution in [0, 0.1) is 6.92 Å². The summed E-state index contributed by atoms with van der Waals surface area (Å²) in [7, 11) is 2.03. The van der Waals surface area contributed by atoms with E-state index in [4.69, 9.17) is 4.98 Å². The summed E-state index contributed by atoms with van der Waals surface area (Å²) in [5.41, 5.74) is 2.20. The first kappa shape index (κ1) is 13.0. The van der Waals surface area contributed by atoms with E-state index < -0.39 is 0 Å². The van der Waals surface area contributed by atoms with Crippen LogP contribution < -0.4 is 4.90 Å². The highest BCUT2D eigenvalue weighted by Crippen LogP contribution is 2.44. The fourth-order valence-electron chi connectivity index (χ4n) is 2.09. The van der Waals surface area contributed by atoms with Gasteiger partial charge >= 0.3 is 0 Å². The fourth-order valence-corrected chi connectivity index (χ4v) is 3.66. The first-order valence-corrected chi connectivity index (χ1v) is 8.09. The Balaban J connectivity index is 1.77. The number of rotatable bonds is 5. The monoisotopic (exact) mass is 295 g/mol. The largest absolute Gasteiger partial charge is 0.391 e. The van der Waals surface area contributed by atoms with E-state index in [1.807, 2.05) is 14.0 Å². The highest BCUT2D eigenvalue weighted by atomic mass is 32.1. The molecule has 2 heterocycles. The van der Waals surface area contributed by atoms with Crippen molar-refractivity contribution < 1.29 is 5.11 Å². The fraction of sp³-hybridized carbons (Fsp3) is 0.538. The van der Waals surface area contributed by atoms with Crippen molar-refractivity contribution in [3.05, 3.63) is 26.7 Å². The van der Waals surface area contributed by atoms with Crippen molar-refractivity contribution in [2.24, 2.45) is 0 Å². The zero-order valence-corrected chi connectivity index (χ0v) is 12.7. The number of hydrogen-bond acceptors (Lipinski definition) is 6. The van der Waals surface area contributed by atoms with Crippen LogP contribution in [0.25, 0.3) is 0 Å². The normalized spacial score (nSPS) is 14.9. The molecule has 102 valence electrons. The molecular weight excluding hydrogens is 278 g/mol. The van der Waals surface area contributed by atoms with Gasteiger partial charge in [-0.2, -0.15) is 0 Å². The second-order valence-electron chi connectivity index (χ2n) is 4.95. The Hall–Kier alpha value is -0.980. The van der Waals surface area contributed by atoms with Crippen LogP contribution >= 0.6 is 22.7 Å². The Morgan fingerprint density at radius 2 is 2.21 bits per heavy atom. The molecule has 0 bridgehead atoms. The maximum Gasteiger partial charge on any atom is 0.185 e. The van der Waals surface area contributed by atoms with Crippen molar-refractivity contribution in [2.75, 3.05) is 11.9 Å². The van der Waals surface area contributed by atoms with E-state index in [1.165, 1.54) is 12.8 Å². The predicted molar refractivity (Wildman–Crippen MR) is 79.0 cm³/mol. The van der Waals surface area contributed by atoms with E-state index in [9.17, 15) is 5.11 Å². The molecule has 1 saturated carbocycles. The Morgan fingerprint density at radius 3 is 2.79 bits per heavy atom. The maximum atomic E-state index is 9.42. The molecule has 0 aliphatic heterocycles. The van der Waals surface area contributed by atoms with Crippen LogP contribution in [0.1, 0.15) is 40.0 Å². The SMILES string of the molecule is Cc1nc(CN(C)c2nc(C3CC3)c(CO)s2)cs1. The molecule has 2 aromatic rings. The van der Waals surface area contributed by atoms with Crippen molar-refractivity contribution >= 4 is 27.8 Å². The van der Waals surface area contributed by atoms with Gasteiger partial charge in [0.1, 0.15) is 0 Å². The van der Waals surface area contributed by atoms with E-state index >= 15 is 0 Å². The van der Waals surface area contributed by atoms with E-state index in [0.717, 1.165) is 32.9 Å². The van der Waals surface area contributed by atoms with Gasteiger partial charge in [0.2, 0.25) is 0 Å². The van der Waals surface area contributed by atoms with Gasteiger partial charge in [-0.05, 0) is 19.8 Å². The number of aliphatic hydroxyl groups excluding tert-OH is 1. The summed E-state index contributed by atoms with van der Waals surface area (Å²) in [4.78, 5) is 12.3. The van der Waals surface area contributed by atoms with Crippen LogP contribution in [0.5, 0.6) is 0 Å². The van der Waals surface area contributed by atoms with Crippen molar-refractivity contribution in [2.45, 2.75) is 38.8 Å². The number of aryl methyl sites for hydroxylation is 1. The number of hydrogen-bond donors (Lipinski definition) is 1. The zero-order chi connectivity index (χ0) is 13.4. The van der Waals surface area contributed by atoms with Crippen LogP contribution in [0.3, 0.4) is 0 Å². The average molecular weight is 295 g/mol. The average Bonchev–Trinajstić information content (AvgIpc) is 3.01. The van der Waals surface area contributed by atoms with Gasteiger partial charge in [0.25, 0.3) is 0 Å². The summed E-state index contributed by atoms with van der Waals surface area (Å²) in [5.74, 6) is 0.585. The highest BCUT2D eigenvalue weighted by Gasteiger charge is 2.30. The molecule has 1 fully saturated rings. The molecule has 1 aliphatic rings. The molecule has 19 heavy (non-hydrogen) atoms. The van der Waals surface area contributed by atoms with Gasteiger partial charge in [0, 0.05) is 18.3 Å². The summed E-state index contributed by atoms with van der Waals surface area (Å²) in [5, 5.41) is 13.6. The van der Waals surface area contributed by atoms with Crippen LogP contribution in [0.4, 0.5) is 5.13 Å². The summed E-state index contributed by atoms with van der Waals surface area (Å²) in [6, 6.07) is 0. The molecule has 0 aromatic carbocycles. The molecule has 0 spiro atoms. The summed E-state index contributed by atoms with van der Waals surface area (Å²) in [6.45, 7) is 2.90. The van der Waals surface area contributed by atoms with Crippen molar-refractivity contribution in [1.82, 2.24) is 9.97 Å². The molecule has 0 amide bonds. The lowest BCUT2D eigenvalue weighted by molar-refractivity contribution is 0.284. The first-order chi connectivity index (χ1) is 9.17. The minimum Gasteiger partial charge on any atom is -0.391 e. The van der Waals surface area contributed by atoms with Gasteiger partial charge < -0.3 is 10.0 Å². The Bertz CT molecular complexity index is 574. The quantitative estimate of drug-likeness (QED) is 0.921. The third-order valence-electron chi connectivity index (χ3n) is 3.22. The van der Waals surface area contributed by atoms with Crippen LogP contribution in [0.2, 0.25) is 0 Å². The van der Waals surface area contributed by atoms with Crippen LogP contribution in [-0.2, 0) is 13.2 Å². The van der Waals surface area contributed by atoms with Crippen molar-refractivity contribution in [1.29, 1.82) is 0 Å². The third kappa shape index (κ3) is 2.80. The third-order valence-corrected chi connectivity index (χ3v) is 5.21. The lowest BCUT2D eigenvalue weighted by Gasteiger charge is -2.13. The lowest BCUT2D eigenvalue weighted by Crippen LogP contribution is -2.16. The standard InChI is InChI=1S/C13H17N3OS2/c1-8-14-10(7-18-8)5-16(2)13-15-12(9-3-4-9)11(6-17)19-13/h7,9,17H,3-6H2,1-2H3. The minimum atomic E-state index is 0.104. The molecule has 1 N–H and O–H groups in total. The Kier molecular flexibility index (Phi) is 3.56. The predicted octanol–water partition coefficient (Wildman–Crippen LogP) is 2.91. The van der Waals surface area contributed by atoms with E-state index in [-0.39, 0.29) is 6.61 Å². The molecule has 3 rings (SSSR count). The van der Waals surface area contributed by atoms with Crippen LogP contribution in [0.15, 0.2) is 5.38 Å². The van der Waals surface area contributed by atoms with Gasteiger partial charge in [-0.3, -0.25) is 0 Å². The maximum absolute atomic E-state index is 9.42. The smallest absolute Gasteiger partial charge is 0.185 e. The molecular formula is C13H17N3OS2. The number of aromatic nitrogens is 2. The molecule has 6 heteroatoms. The number of nitrogens with zero attached hydrogens (tertiary/aromatic N) is 3. The molecule has 4 nitrogen and oxygen atoms in total. The van der Waals surface area contributed by atoms with Crippen LogP contribution in [-0.4, -0.2) is 22.1 Å². The topological polar surface area (TPSA) is 49.2 Å². The van der Waals surface area contributed by atoms with Gasteiger partial charge in [0.15, 0.2) is 5.13 Å². The molecule has 2 aromatic heterocycles. The summed E-state index contributed by atoms with van der Waals surface area (Å²) in [6.07, 6.45) is 2.43. The first-order valence-electron chi connectivity index (χ1n) is 6.40. The minimum absolute atomic E-state index is 0.104.